The van der Waals surface area contributed by atoms with Crippen molar-refractivity contribution in [2.75, 3.05) is 0 Å². The molecule has 1 rings (SSSR count). The summed E-state index contributed by atoms with van der Waals surface area (Å²) >= 11 is 0. The van der Waals surface area contributed by atoms with Crippen LogP contribution in [0.3, 0.4) is 0 Å². The highest BCUT2D eigenvalue weighted by Gasteiger charge is 2.16. The lowest BCUT2D eigenvalue weighted by Gasteiger charge is -1.99. The molecule has 1 heterocycles. The van der Waals surface area contributed by atoms with E-state index >= 15 is 0 Å². The van der Waals surface area contributed by atoms with Crippen molar-refractivity contribution in [1.29, 1.82) is 0 Å². The van der Waals surface area contributed by atoms with Crippen LogP contribution in [0, 0.1) is 0 Å². The largest absolute Gasteiger partial charge is 0.312 e. The molecule has 0 aromatic heterocycles. The Morgan fingerprint density at radius 3 is 2.77 bits per heavy atom. The van der Waals surface area contributed by atoms with E-state index in [0.717, 1.165) is 0 Å². The summed E-state index contributed by atoms with van der Waals surface area (Å²) < 4.78 is 0. The Morgan fingerprint density at radius 1 is 1.62 bits per heavy atom. The lowest BCUT2D eigenvalue weighted by Crippen LogP contribution is -2.30. The summed E-state index contributed by atoms with van der Waals surface area (Å²) in [6.07, 6.45) is -0.128. The Morgan fingerprint density at radius 2 is 2.31 bits per heavy atom. The zero-order valence-electron chi connectivity index (χ0n) is 7.09. The number of nitrogens with zero attached hydrogens (tertiary/aromatic N) is 1. The normalized spacial score (nSPS) is 14.8. The molecular weight excluding hydrogens is 174 g/mol. The maximum atomic E-state index is 11.0. The number of nitrogens with one attached hydrogen (secondary N) is 2. The van der Waals surface area contributed by atoms with Gasteiger partial charge in [0.15, 0.2) is 0 Å². The first-order chi connectivity index (χ1) is 6.08. The predicted molar refractivity (Wildman–Crippen MR) is 43.6 cm³/mol. The Balaban J connectivity index is 2.37. The maximum absolute atomic E-state index is 11.0. The van der Waals surface area contributed by atoms with Gasteiger partial charge in [0.05, 0.1) is 12.8 Å². The standard InChI is InChI=1S/C7H9N3O3/c1-4(11)2-6(12)8-5-3-7(13)10-9-5/h2-3H2,1H3,(H,10,13)(H,8,9,12). The molecule has 0 fully saturated rings. The molecule has 0 aromatic rings. The van der Waals surface area contributed by atoms with Crippen LogP contribution in [0.5, 0.6) is 0 Å². The number of amidine groups is 1. The van der Waals surface area contributed by atoms with E-state index in [1.807, 2.05) is 0 Å². The van der Waals surface area contributed by atoms with E-state index in [1.165, 1.54) is 6.92 Å². The van der Waals surface area contributed by atoms with Gasteiger partial charge in [0.1, 0.15) is 11.6 Å². The van der Waals surface area contributed by atoms with E-state index in [4.69, 9.17) is 0 Å². The molecule has 70 valence electrons. The number of ketones is 1. The van der Waals surface area contributed by atoms with Crippen LogP contribution in [0.1, 0.15) is 19.8 Å². The first-order valence-corrected chi connectivity index (χ1v) is 3.72. The van der Waals surface area contributed by atoms with Crippen LogP contribution < -0.4 is 10.7 Å². The Bertz CT molecular complexity index is 295. The van der Waals surface area contributed by atoms with E-state index in [1.54, 1.807) is 0 Å². The van der Waals surface area contributed by atoms with Gasteiger partial charge in [-0.15, -0.1) is 0 Å². The van der Waals surface area contributed by atoms with Crippen molar-refractivity contribution < 1.29 is 14.4 Å². The SMILES string of the molecule is CC(=O)CC(=O)NC1=NNC(=O)C1. The zero-order chi connectivity index (χ0) is 9.84. The second-order valence-electron chi connectivity index (χ2n) is 2.70. The van der Waals surface area contributed by atoms with Gasteiger partial charge in [0.25, 0.3) is 0 Å². The van der Waals surface area contributed by atoms with E-state index in [9.17, 15) is 14.4 Å². The summed E-state index contributed by atoms with van der Waals surface area (Å²) in [5.41, 5.74) is 2.18. The zero-order valence-corrected chi connectivity index (χ0v) is 7.09. The fourth-order valence-electron chi connectivity index (χ4n) is 0.864. The maximum Gasteiger partial charge on any atom is 0.247 e. The van der Waals surface area contributed by atoms with Gasteiger partial charge in [-0.2, -0.15) is 5.10 Å². The number of carbonyl (C=O) groups excluding carboxylic acids is 3. The molecule has 6 heteroatoms. The van der Waals surface area contributed by atoms with Crippen LogP contribution in [-0.4, -0.2) is 23.4 Å². The average molecular weight is 183 g/mol. The van der Waals surface area contributed by atoms with Crippen molar-refractivity contribution in [3.8, 4) is 0 Å². The van der Waals surface area contributed by atoms with Crippen molar-refractivity contribution in [1.82, 2.24) is 10.7 Å². The highest BCUT2D eigenvalue weighted by Crippen LogP contribution is 1.92. The van der Waals surface area contributed by atoms with Gasteiger partial charge < -0.3 is 5.32 Å². The lowest BCUT2D eigenvalue weighted by atomic mass is 10.3. The van der Waals surface area contributed by atoms with Crippen LogP contribution in [-0.2, 0) is 14.4 Å². The van der Waals surface area contributed by atoms with Crippen molar-refractivity contribution in [3.05, 3.63) is 0 Å². The van der Waals surface area contributed by atoms with Gasteiger partial charge in [0.2, 0.25) is 11.8 Å². The summed E-state index contributed by atoms with van der Waals surface area (Å²) in [5.74, 6) is -0.674. The molecule has 0 radical (unpaired) electrons. The number of amides is 2. The minimum Gasteiger partial charge on any atom is -0.312 e. The summed E-state index contributed by atoms with van der Waals surface area (Å²) in [5, 5.41) is 5.89. The molecule has 1 aliphatic rings. The highest BCUT2D eigenvalue weighted by atomic mass is 16.2. The molecule has 0 spiro atoms. The number of rotatable bonds is 2. The fourth-order valence-corrected chi connectivity index (χ4v) is 0.864. The van der Waals surface area contributed by atoms with Gasteiger partial charge in [-0.1, -0.05) is 0 Å². The van der Waals surface area contributed by atoms with E-state index in [-0.39, 0.29) is 30.4 Å². The summed E-state index contributed by atoms with van der Waals surface area (Å²) in [7, 11) is 0. The Labute approximate surface area is 74.4 Å². The van der Waals surface area contributed by atoms with Gasteiger partial charge >= 0.3 is 0 Å². The monoisotopic (exact) mass is 183 g/mol. The third-order valence-electron chi connectivity index (χ3n) is 1.34. The van der Waals surface area contributed by atoms with Crippen molar-refractivity contribution in [3.63, 3.8) is 0 Å². The average Bonchev–Trinajstić information content (AvgIpc) is 2.33. The molecule has 2 amide bonds. The second-order valence-corrected chi connectivity index (χ2v) is 2.70. The number of Topliss-reactive ketones (excluding diaryl/α,β-unsaturated/α-hetero) is 1. The Hall–Kier alpha value is -1.72. The summed E-state index contributed by atoms with van der Waals surface area (Å²) in [4.78, 5) is 32.1. The van der Waals surface area contributed by atoms with Crippen LogP contribution in [0.25, 0.3) is 0 Å². The first kappa shape index (κ1) is 9.37. The van der Waals surface area contributed by atoms with E-state index < -0.39 is 5.91 Å². The van der Waals surface area contributed by atoms with Crippen LogP contribution >= 0.6 is 0 Å². The molecule has 0 bridgehead atoms. The molecule has 0 aliphatic carbocycles. The van der Waals surface area contributed by atoms with Crippen molar-refractivity contribution in [2.45, 2.75) is 19.8 Å². The highest BCUT2D eigenvalue weighted by molar-refractivity contribution is 6.12. The van der Waals surface area contributed by atoms with Crippen molar-refractivity contribution >= 4 is 23.4 Å². The molecule has 1 aliphatic heterocycles. The third kappa shape index (κ3) is 3.02. The summed E-state index contributed by atoms with van der Waals surface area (Å²) in [6.45, 7) is 1.32. The quantitative estimate of drug-likeness (QED) is 0.533. The van der Waals surface area contributed by atoms with E-state index in [2.05, 4.69) is 15.8 Å². The third-order valence-corrected chi connectivity index (χ3v) is 1.34. The molecule has 0 unspecified atom stereocenters. The number of hydrazone groups is 1. The molecule has 2 N–H and O–H groups in total. The van der Waals surface area contributed by atoms with Crippen LogP contribution in [0.2, 0.25) is 0 Å². The molecule has 0 saturated carbocycles. The summed E-state index contributed by atoms with van der Waals surface area (Å²) in [6, 6.07) is 0. The molecule has 0 aromatic carbocycles. The van der Waals surface area contributed by atoms with Crippen molar-refractivity contribution in [2.24, 2.45) is 5.10 Å². The van der Waals surface area contributed by atoms with E-state index in [0.29, 0.717) is 0 Å². The van der Waals surface area contributed by atoms with Gasteiger partial charge in [-0.05, 0) is 6.92 Å². The topological polar surface area (TPSA) is 87.6 Å². The van der Waals surface area contributed by atoms with Gasteiger partial charge in [-0.3, -0.25) is 14.4 Å². The Kier molecular flexibility index (Phi) is 2.73. The van der Waals surface area contributed by atoms with Crippen LogP contribution in [0.4, 0.5) is 0 Å². The minimum atomic E-state index is -0.442. The number of carbonyl (C=O) groups is 3. The molecular formula is C7H9N3O3. The second kappa shape index (κ2) is 3.79. The minimum absolute atomic E-state index is 0.0592. The first-order valence-electron chi connectivity index (χ1n) is 3.72. The number of hydrogen-bond acceptors (Lipinski definition) is 4. The molecule has 6 nitrogen and oxygen atoms in total. The lowest BCUT2D eigenvalue weighted by molar-refractivity contribution is -0.126. The molecule has 0 atom stereocenters. The smallest absolute Gasteiger partial charge is 0.247 e. The fraction of sp³-hybridized carbons (Fsp3) is 0.429. The number of hydrogen-bond donors (Lipinski definition) is 2. The predicted octanol–water partition coefficient (Wildman–Crippen LogP) is -1.08. The molecule has 13 heavy (non-hydrogen) atoms. The van der Waals surface area contributed by atoms with Gasteiger partial charge in [0, 0.05) is 0 Å². The van der Waals surface area contributed by atoms with Gasteiger partial charge in [-0.25, -0.2) is 5.43 Å². The van der Waals surface area contributed by atoms with Crippen LogP contribution in [0.15, 0.2) is 5.10 Å². The molecule has 0 saturated heterocycles.